The smallest absolute Gasteiger partial charge is 0.166 e. The highest BCUT2D eigenvalue weighted by Crippen LogP contribution is 2.31. The van der Waals surface area contributed by atoms with Gasteiger partial charge in [0.25, 0.3) is 0 Å². The molecular weight excluding hydrogens is 284 g/mol. The van der Waals surface area contributed by atoms with E-state index in [0.717, 1.165) is 0 Å². The Morgan fingerprint density at radius 3 is 2.68 bits per heavy atom. The summed E-state index contributed by atoms with van der Waals surface area (Å²) in [4.78, 5) is 23.8. The van der Waals surface area contributed by atoms with Crippen LogP contribution in [0, 0.1) is 18.8 Å². The van der Waals surface area contributed by atoms with Crippen molar-refractivity contribution in [2.45, 2.75) is 52.9 Å². The van der Waals surface area contributed by atoms with Gasteiger partial charge in [0, 0.05) is 11.8 Å². The molecule has 0 aliphatic carbocycles. The van der Waals surface area contributed by atoms with E-state index in [9.17, 15) is 9.59 Å². The Bertz CT molecular complexity index is 579. The van der Waals surface area contributed by atoms with Crippen LogP contribution in [0.2, 0.25) is 0 Å². The number of nitrogens with zero attached hydrogens (tertiary/aromatic N) is 4. The normalized spacial score (nSPS) is 22.2. The average Bonchev–Trinajstić information content (AvgIpc) is 3.11. The van der Waals surface area contributed by atoms with Gasteiger partial charge in [-0.15, -0.1) is 5.10 Å². The first-order valence-electron chi connectivity index (χ1n) is 7.52. The van der Waals surface area contributed by atoms with E-state index in [2.05, 4.69) is 15.5 Å². The second kappa shape index (κ2) is 6.91. The van der Waals surface area contributed by atoms with E-state index in [1.165, 1.54) is 0 Å². The van der Waals surface area contributed by atoms with Gasteiger partial charge in [0.05, 0.1) is 12.6 Å². The molecule has 1 aromatic rings. The van der Waals surface area contributed by atoms with Gasteiger partial charge in [-0.1, -0.05) is 26.8 Å². The van der Waals surface area contributed by atoms with Crippen molar-refractivity contribution >= 4 is 11.6 Å². The molecule has 0 aromatic carbocycles. The second-order valence-electron chi connectivity index (χ2n) is 6.00. The van der Waals surface area contributed by atoms with Crippen molar-refractivity contribution in [3.63, 3.8) is 0 Å². The maximum Gasteiger partial charge on any atom is 0.166 e. The fraction of sp³-hybridized carbons (Fsp3) is 0.667. The number of epoxide rings is 1. The molecule has 3 atom stereocenters. The van der Waals surface area contributed by atoms with Gasteiger partial charge in [0.1, 0.15) is 11.9 Å². The first-order chi connectivity index (χ1) is 10.4. The Morgan fingerprint density at radius 2 is 2.09 bits per heavy atom. The number of carbonyl (C=O) groups is 2. The Morgan fingerprint density at radius 1 is 1.36 bits per heavy atom. The molecule has 7 nitrogen and oxygen atoms in total. The summed E-state index contributed by atoms with van der Waals surface area (Å²) in [5.74, 6) is 0.652. The molecule has 7 heteroatoms. The zero-order chi connectivity index (χ0) is 16.3. The zero-order valence-electron chi connectivity index (χ0n) is 13.4. The molecule has 1 fully saturated rings. The molecule has 0 N–H and O–H groups in total. The van der Waals surface area contributed by atoms with Gasteiger partial charge in [-0.25, -0.2) is 4.68 Å². The summed E-state index contributed by atoms with van der Waals surface area (Å²) >= 11 is 0. The van der Waals surface area contributed by atoms with Crippen LogP contribution in [0.25, 0.3) is 0 Å². The Balaban J connectivity index is 1.76. The molecule has 1 aliphatic rings. The Hall–Kier alpha value is -1.89. The molecule has 2 rings (SSSR count). The van der Waals surface area contributed by atoms with Crippen molar-refractivity contribution in [1.82, 2.24) is 20.2 Å². The van der Waals surface area contributed by atoms with E-state index in [4.69, 9.17) is 4.74 Å². The van der Waals surface area contributed by atoms with E-state index in [0.29, 0.717) is 18.8 Å². The molecule has 1 aromatic heterocycles. The van der Waals surface area contributed by atoms with Crippen molar-refractivity contribution in [2.24, 2.45) is 11.8 Å². The fourth-order valence-electron chi connectivity index (χ4n) is 2.22. The molecule has 1 saturated heterocycles. The summed E-state index contributed by atoms with van der Waals surface area (Å²) in [5, 5.41) is 11.1. The minimum absolute atomic E-state index is 0.0250. The minimum Gasteiger partial charge on any atom is -0.361 e. The van der Waals surface area contributed by atoms with Crippen LogP contribution in [0.4, 0.5) is 0 Å². The highest BCUT2D eigenvalue weighted by atomic mass is 16.6. The topological polar surface area (TPSA) is 90.3 Å². The monoisotopic (exact) mass is 306 g/mol. The van der Waals surface area contributed by atoms with E-state index >= 15 is 0 Å². The molecule has 1 aliphatic heterocycles. The van der Waals surface area contributed by atoms with Crippen LogP contribution in [-0.2, 0) is 20.9 Å². The maximum absolute atomic E-state index is 12.0. The van der Waals surface area contributed by atoms with Crippen LogP contribution in [0.5, 0.6) is 0 Å². The number of allylic oxidation sites excluding steroid dienone is 2. The lowest BCUT2D eigenvalue weighted by Crippen LogP contribution is -2.18. The van der Waals surface area contributed by atoms with Crippen LogP contribution >= 0.6 is 0 Å². The maximum atomic E-state index is 12.0. The van der Waals surface area contributed by atoms with Crippen molar-refractivity contribution in [3.05, 3.63) is 18.0 Å². The van der Waals surface area contributed by atoms with Crippen LogP contribution < -0.4 is 0 Å². The van der Waals surface area contributed by atoms with Gasteiger partial charge in [-0.2, -0.15) is 0 Å². The summed E-state index contributed by atoms with van der Waals surface area (Å²) < 4.78 is 6.99. The van der Waals surface area contributed by atoms with Crippen LogP contribution in [0.3, 0.4) is 0 Å². The molecule has 0 radical (unpaired) electrons. The molecule has 0 amide bonds. The third-order valence-corrected chi connectivity index (χ3v) is 3.77. The third-order valence-electron chi connectivity index (χ3n) is 3.77. The minimum atomic E-state index is -0.317. The Labute approximate surface area is 129 Å². The zero-order valence-corrected chi connectivity index (χ0v) is 13.4. The number of hydrogen-bond donors (Lipinski definition) is 0. The number of hydrogen-bond acceptors (Lipinski definition) is 6. The molecule has 2 heterocycles. The number of tetrazole rings is 1. The fourth-order valence-corrected chi connectivity index (χ4v) is 2.22. The summed E-state index contributed by atoms with van der Waals surface area (Å²) in [6.45, 7) is 7.84. The lowest BCUT2D eigenvalue weighted by molar-refractivity contribution is -0.123. The second-order valence-corrected chi connectivity index (χ2v) is 6.00. The van der Waals surface area contributed by atoms with Crippen LogP contribution in [-0.4, -0.2) is 44.0 Å². The summed E-state index contributed by atoms with van der Waals surface area (Å²) in [6.07, 6.45) is 3.45. The van der Waals surface area contributed by atoms with Crippen molar-refractivity contribution < 1.29 is 14.3 Å². The lowest BCUT2D eigenvalue weighted by Gasteiger charge is -2.05. The van der Waals surface area contributed by atoms with E-state index < -0.39 is 0 Å². The van der Waals surface area contributed by atoms with E-state index in [1.807, 2.05) is 20.8 Å². The largest absolute Gasteiger partial charge is 0.361 e. The number of aryl methyl sites for hydroxylation is 1. The molecule has 3 unspecified atom stereocenters. The number of carbonyl (C=O) groups excluding carboxylic acids is 2. The standard InChI is InChI=1S/C15H22N4O3/c1-9(2)14(21)15-13(22-15)8-10(3)12(20)6-5-7-19-11(4)16-17-18-19/h5-6,9-10,13,15H,7-8H2,1-4H3/b6-5+. The molecule has 0 saturated carbocycles. The van der Waals surface area contributed by atoms with Crippen molar-refractivity contribution in [3.8, 4) is 0 Å². The number of aromatic nitrogens is 4. The van der Waals surface area contributed by atoms with E-state index in [1.54, 1.807) is 23.8 Å². The van der Waals surface area contributed by atoms with Gasteiger partial charge >= 0.3 is 0 Å². The molecule has 22 heavy (non-hydrogen) atoms. The third kappa shape index (κ3) is 4.07. The predicted octanol–water partition coefficient (Wildman–Crippen LogP) is 1.13. The van der Waals surface area contributed by atoms with Gasteiger partial charge < -0.3 is 4.74 Å². The average molecular weight is 306 g/mol. The van der Waals surface area contributed by atoms with Gasteiger partial charge in [0.2, 0.25) is 0 Å². The summed E-state index contributed by atoms with van der Waals surface area (Å²) in [5.41, 5.74) is 0. The lowest BCUT2D eigenvalue weighted by atomic mass is 9.96. The number of ketones is 2. The molecule has 0 bridgehead atoms. The van der Waals surface area contributed by atoms with Gasteiger partial charge in [-0.05, 0) is 29.8 Å². The number of Topliss-reactive ketones (excluding diaryl/α,β-unsaturated/α-hetero) is 1. The van der Waals surface area contributed by atoms with Crippen molar-refractivity contribution in [2.75, 3.05) is 0 Å². The summed E-state index contributed by atoms with van der Waals surface area (Å²) in [7, 11) is 0. The first-order valence-corrected chi connectivity index (χ1v) is 7.52. The van der Waals surface area contributed by atoms with E-state index in [-0.39, 0.29) is 35.6 Å². The highest BCUT2D eigenvalue weighted by molar-refractivity contribution is 5.92. The predicted molar refractivity (Wildman–Crippen MR) is 79.0 cm³/mol. The number of ether oxygens (including phenoxy) is 1. The van der Waals surface area contributed by atoms with Gasteiger partial charge in [-0.3, -0.25) is 9.59 Å². The molecular formula is C15H22N4O3. The molecule has 0 spiro atoms. The van der Waals surface area contributed by atoms with Crippen LogP contribution in [0.15, 0.2) is 12.2 Å². The quantitative estimate of drug-likeness (QED) is 0.528. The first kappa shape index (κ1) is 16.5. The van der Waals surface area contributed by atoms with Crippen LogP contribution in [0.1, 0.15) is 33.0 Å². The number of rotatable bonds is 8. The van der Waals surface area contributed by atoms with Crippen molar-refractivity contribution in [1.29, 1.82) is 0 Å². The molecule has 120 valence electrons. The summed E-state index contributed by atoms with van der Waals surface area (Å²) in [6, 6.07) is 0. The highest BCUT2D eigenvalue weighted by Gasteiger charge is 2.46. The SMILES string of the molecule is Cc1nnnn1C/C=C/C(=O)C(C)CC1OC1C(=O)C(C)C. The van der Waals surface area contributed by atoms with Gasteiger partial charge in [0.15, 0.2) is 11.6 Å². The Kier molecular flexibility index (Phi) is 5.18.